The van der Waals surface area contributed by atoms with Gasteiger partial charge in [-0.15, -0.1) is 0 Å². The van der Waals surface area contributed by atoms with E-state index in [4.69, 9.17) is 21.6 Å². The summed E-state index contributed by atoms with van der Waals surface area (Å²) in [5.41, 5.74) is 5.75. The van der Waals surface area contributed by atoms with E-state index in [-0.39, 0.29) is 17.9 Å². The lowest BCUT2D eigenvalue weighted by Crippen LogP contribution is -2.58. The molecule has 2 aromatic heterocycles. The van der Waals surface area contributed by atoms with Crippen LogP contribution >= 0.6 is 11.6 Å². The number of aromatic nitrogens is 4. The average molecular weight is 563 g/mol. The molecule has 0 bridgehead atoms. The summed E-state index contributed by atoms with van der Waals surface area (Å²) >= 11 is 6.71. The smallest absolute Gasteiger partial charge is 0.246 e. The molecule has 1 N–H and O–H groups in total. The van der Waals surface area contributed by atoms with Crippen LogP contribution < -0.4 is 9.80 Å². The van der Waals surface area contributed by atoms with Gasteiger partial charge in [0.2, 0.25) is 11.9 Å². The number of halogens is 1. The zero-order chi connectivity index (χ0) is 28.3. The monoisotopic (exact) mass is 562 g/mol. The van der Waals surface area contributed by atoms with Crippen LogP contribution in [0.15, 0.2) is 24.9 Å². The van der Waals surface area contributed by atoms with Crippen molar-refractivity contribution in [2.24, 2.45) is 5.92 Å². The van der Waals surface area contributed by atoms with E-state index in [9.17, 15) is 4.79 Å². The second kappa shape index (κ2) is 10.3. The van der Waals surface area contributed by atoms with Gasteiger partial charge in [-0.2, -0.15) is 10.1 Å². The number of fused-ring (bicyclic) bond motifs is 2. The van der Waals surface area contributed by atoms with Crippen LogP contribution in [0.4, 0.5) is 11.8 Å². The van der Waals surface area contributed by atoms with Gasteiger partial charge in [0, 0.05) is 60.8 Å². The molecule has 3 atom stereocenters. The molecule has 0 unspecified atom stereocenters. The standard InChI is InChI=1S/C30H39ClN8O/c1-7-27(40)39-9-8-37(14-18(39)3)29-22-10-17(2)21(28-19(4)24(31)12-26-23(28)13-32-35-26)11-25(22)33-30(34-29)38-15-20(16-38)36(5)6/h7,12-13,17-18,20-21H,1,8-11,14-16H2,2-6H3,(H,32,35)/t17-,18-,21-/m1/s1. The van der Waals surface area contributed by atoms with Crippen molar-refractivity contribution in [3.8, 4) is 0 Å². The van der Waals surface area contributed by atoms with Gasteiger partial charge in [0.05, 0.1) is 17.4 Å². The molecule has 4 heterocycles. The summed E-state index contributed by atoms with van der Waals surface area (Å²) in [7, 11) is 4.25. The lowest BCUT2D eigenvalue weighted by atomic mass is 9.73. The fourth-order valence-corrected chi connectivity index (χ4v) is 6.96. The maximum absolute atomic E-state index is 12.4. The number of piperazine rings is 1. The van der Waals surface area contributed by atoms with Crippen molar-refractivity contribution in [3.63, 3.8) is 0 Å². The molecule has 1 amide bonds. The Bertz CT molecular complexity index is 1460. The van der Waals surface area contributed by atoms with Crippen molar-refractivity contribution in [2.75, 3.05) is 56.6 Å². The molecule has 2 aliphatic heterocycles. The van der Waals surface area contributed by atoms with Gasteiger partial charge in [-0.3, -0.25) is 9.89 Å². The highest BCUT2D eigenvalue weighted by Gasteiger charge is 2.38. The predicted molar refractivity (Wildman–Crippen MR) is 160 cm³/mol. The van der Waals surface area contributed by atoms with Crippen LogP contribution in [-0.2, 0) is 17.6 Å². The second-order valence-corrected chi connectivity index (χ2v) is 12.5. The molecule has 212 valence electrons. The molecule has 2 saturated heterocycles. The summed E-state index contributed by atoms with van der Waals surface area (Å²) in [5, 5.41) is 9.36. The Labute approximate surface area is 241 Å². The van der Waals surface area contributed by atoms with E-state index in [1.54, 1.807) is 0 Å². The van der Waals surface area contributed by atoms with Crippen molar-refractivity contribution in [1.29, 1.82) is 0 Å². The summed E-state index contributed by atoms with van der Waals surface area (Å²) in [6, 6.07) is 2.56. The molecule has 1 aromatic carbocycles. The summed E-state index contributed by atoms with van der Waals surface area (Å²) < 4.78 is 0. The summed E-state index contributed by atoms with van der Waals surface area (Å²) in [5.74, 6) is 2.49. The van der Waals surface area contributed by atoms with E-state index in [1.165, 1.54) is 17.2 Å². The highest BCUT2D eigenvalue weighted by atomic mass is 35.5. The molecule has 0 saturated carbocycles. The molecule has 40 heavy (non-hydrogen) atoms. The third-order valence-electron chi connectivity index (χ3n) is 9.31. The molecular formula is C30H39ClN8O. The van der Waals surface area contributed by atoms with Crippen LogP contribution in [-0.4, -0.2) is 94.8 Å². The zero-order valence-corrected chi connectivity index (χ0v) is 24.9. The number of rotatable bonds is 5. The van der Waals surface area contributed by atoms with E-state index < -0.39 is 0 Å². The van der Waals surface area contributed by atoms with Crippen LogP contribution in [0.5, 0.6) is 0 Å². The number of amides is 1. The zero-order valence-electron chi connectivity index (χ0n) is 24.1. The van der Waals surface area contributed by atoms with Crippen molar-refractivity contribution in [1.82, 2.24) is 30.0 Å². The summed E-state index contributed by atoms with van der Waals surface area (Å²) in [6.07, 6.45) is 5.07. The number of aromatic amines is 1. The molecule has 1 aliphatic carbocycles. The van der Waals surface area contributed by atoms with Crippen molar-refractivity contribution in [3.05, 3.63) is 52.3 Å². The Kier molecular flexibility index (Phi) is 6.99. The quantitative estimate of drug-likeness (QED) is 0.473. The lowest BCUT2D eigenvalue weighted by Gasteiger charge is -2.45. The largest absolute Gasteiger partial charge is 0.352 e. The van der Waals surface area contributed by atoms with Crippen molar-refractivity contribution < 1.29 is 4.79 Å². The van der Waals surface area contributed by atoms with Gasteiger partial charge < -0.3 is 19.6 Å². The van der Waals surface area contributed by atoms with Gasteiger partial charge >= 0.3 is 0 Å². The van der Waals surface area contributed by atoms with Gasteiger partial charge in [-0.1, -0.05) is 25.1 Å². The van der Waals surface area contributed by atoms with E-state index in [1.807, 2.05) is 17.2 Å². The van der Waals surface area contributed by atoms with Gasteiger partial charge in [0.25, 0.3) is 0 Å². The van der Waals surface area contributed by atoms with E-state index >= 15 is 0 Å². The number of nitrogens with zero attached hydrogens (tertiary/aromatic N) is 7. The first-order chi connectivity index (χ1) is 19.2. The number of likely N-dealkylation sites (N-methyl/N-ethyl adjacent to an activating group) is 1. The number of benzene rings is 1. The maximum Gasteiger partial charge on any atom is 0.246 e. The first-order valence-corrected chi connectivity index (χ1v) is 14.6. The molecule has 9 nitrogen and oxygen atoms in total. The van der Waals surface area contributed by atoms with Gasteiger partial charge in [0.15, 0.2) is 0 Å². The third kappa shape index (κ3) is 4.53. The van der Waals surface area contributed by atoms with Crippen LogP contribution in [0.3, 0.4) is 0 Å². The van der Waals surface area contributed by atoms with Gasteiger partial charge in [0.1, 0.15) is 5.82 Å². The molecular weight excluding hydrogens is 524 g/mol. The fraction of sp³-hybridized carbons (Fsp3) is 0.533. The molecule has 0 spiro atoms. The first kappa shape index (κ1) is 27.0. The SMILES string of the molecule is C=CC(=O)N1CCN(c2nc(N3CC(N(C)C)C3)nc3c2C[C@@H](C)[C@H](c2c(C)c(Cl)cc4[nH]ncc24)C3)C[C@H]1C. The number of carbonyl (C=O) groups is 1. The number of nitrogens with one attached hydrogen (secondary N) is 1. The Morgan fingerprint density at radius 1 is 1.15 bits per heavy atom. The van der Waals surface area contributed by atoms with Crippen LogP contribution in [0.1, 0.15) is 42.1 Å². The minimum absolute atomic E-state index is 0.00761. The molecule has 3 aromatic rings. The Morgan fingerprint density at radius 2 is 1.93 bits per heavy atom. The number of H-pyrrole nitrogens is 1. The summed E-state index contributed by atoms with van der Waals surface area (Å²) in [6.45, 7) is 14.2. The Hall–Kier alpha value is -3.17. The van der Waals surface area contributed by atoms with Crippen LogP contribution in [0.2, 0.25) is 5.02 Å². The van der Waals surface area contributed by atoms with Gasteiger partial charge in [-0.05, 0) is 75.9 Å². The Morgan fingerprint density at radius 3 is 2.62 bits per heavy atom. The normalized spacial score (nSPS) is 23.5. The average Bonchev–Trinajstić information content (AvgIpc) is 3.35. The molecule has 10 heteroatoms. The number of anilines is 2. The second-order valence-electron chi connectivity index (χ2n) is 12.0. The van der Waals surface area contributed by atoms with Crippen LogP contribution in [0.25, 0.3) is 10.9 Å². The molecule has 3 aliphatic rings. The highest BCUT2D eigenvalue weighted by Crippen LogP contribution is 2.44. The molecule has 6 rings (SSSR count). The Balaban J connectivity index is 1.39. The molecule has 2 fully saturated rings. The lowest BCUT2D eigenvalue weighted by molar-refractivity contribution is -0.128. The van der Waals surface area contributed by atoms with Crippen LogP contribution in [0, 0.1) is 12.8 Å². The van der Waals surface area contributed by atoms with Crippen molar-refractivity contribution >= 4 is 40.2 Å². The highest BCUT2D eigenvalue weighted by molar-refractivity contribution is 6.32. The molecule has 0 radical (unpaired) electrons. The third-order valence-corrected chi connectivity index (χ3v) is 9.70. The number of carbonyl (C=O) groups excluding carboxylic acids is 1. The maximum atomic E-state index is 12.4. The topological polar surface area (TPSA) is 84.5 Å². The fourth-order valence-electron chi connectivity index (χ4n) is 6.75. The first-order valence-electron chi connectivity index (χ1n) is 14.3. The number of hydrogen-bond acceptors (Lipinski definition) is 7. The van der Waals surface area contributed by atoms with E-state index in [0.717, 1.165) is 78.0 Å². The predicted octanol–water partition coefficient (Wildman–Crippen LogP) is 3.81. The summed E-state index contributed by atoms with van der Waals surface area (Å²) in [4.78, 5) is 31.7. The number of hydrogen-bond donors (Lipinski definition) is 1. The van der Waals surface area contributed by atoms with Crippen molar-refractivity contribution in [2.45, 2.75) is 51.6 Å². The van der Waals surface area contributed by atoms with Gasteiger partial charge in [-0.25, -0.2) is 4.98 Å². The minimum Gasteiger partial charge on any atom is -0.352 e. The van der Waals surface area contributed by atoms with E-state index in [2.05, 4.69) is 66.3 Å². The van der Waals surface area contributed by atoms with E-state index in [0.29, 0.717) is 18.5 Å². The minimum atomic E-state index is -0.00761.